The van der Waals surface area contributed by atoms with Crippen LogP contribution in [0.5, 0.6) is 5.75 Å². The number of nitriles is 1. The van der Waals surface area contributed by atoms with Gasteiger partial charge in [-0.3, -0.25) is 0 Å². The summed E-state index contributed by atoms with van der Waals surface area (Å²) in [5.41, 5.74) is 1.29. The fourth-order valence-corrected chi connectivity index (χ4v) is 2.62. The van der Waals surface area contributed by atoms with Crippen molar-refractivity contribution >= 4 is 11.6 Å². The van der Waals surface area contributed by atoms with E-state index in [0.29, 0.717) is 21.7 Å². The third-order valence-corrected chi connectivity index (χ3v) is 3.82. The second-order valence-corrected chi connectivity index (χ2v) is 5.42. The third-order valence-electron chi connectivity index (χ3n) is 3.57. The zero-order valence-electron chi connectivity index (χ0n) is 12.7. The summed E-state index contributed by atoms with van der Waals surface area (Å²) in [7, 11) is 1.37. The maximum atomic E-state index is 12.3. The van der Waals surface area contributed by atoms with Gasteiger partial charge in [-0.25, -0.2) is 4.79 Å². The molecule has 3 aromatic rings. The van der Waals surface area contributed by atoms with Gasteiger partial charge >= 0.3 is 5.63 Å². The predicted octanol–water partition coefficient (Wildman–Crippen LogP) is 4.51. The van der Waals surface area contributed by atoms with E-state index in [9.17, 15) is 10.1 Å². The minimum absolute atomic E-state index is 0.00597. The van der Waals surface area contributed by atoms with Gasteiger partial charge in [0.2, 0.25) is 5.75 Å². The molecule has 5 heteroatoms. The topological polar surface area (TPSA) is 63.2 Å². The lowest BCUT2D eigenvalue weighted by atomic mass is 9.97. The molecule has 0 radical (unpaired) electrons. The Balaban J connectivity index is 2.38. The van der Waals surface area contributed by atoms with Crippen molar-refractivity contribution < 1.29 is 9.15 Å². The Morgan fingerprint density at radius 3 is 2.29 bits per heavy atom. The van der Waals surface area contributed by atoms with Crippen LogP contribution in [0.15, 0.2) is 63.8 Å². The van der Waals surface area contributed by atoms with Crippen LogP contribution in [0.4, 0.5) is 0 Å². The van der Waals surface area contributed by atoms with E-state index < -0.39 is 5.63 Å². The van der Waals surface area contributed by atoms with Gasteiger partial charge in [0.1, 0.15) is 11.6 Å². The smallest absolute Gasteiger partial charge is 0.379 e. The molecule has 0 aliphatic carbocycles. The molecule has 0 fully saturated rings. The zero-order valence-corrected chi connectivity index (χ0v) is 13.5. The van der Waals surface area contributed by atoms with Gasteiger partial charge in [0.15, 0.2) is 5.76 Å². The summed E-state index contributed by atoms with van der Waals surface area (Å²) in [6.07, 6.45) is 0. The van der Waals surface area contributed by atoms with Crippen LogP contribution < -0.4 is 10.4 Å². The first-order valence-electron chi connectivity index (χ1n) is 7.12. The minimum atomic E-state index is -0.639. The largest absolute Gasteiger partial charge is 0.489 e. The highest BCUT2D eigenvalue weighted by Crippen LogP contribution is 2.36. The summed E-state index contributed by atoms with van der Waals surface area (Å²) >= 11 is 5.93. The SMILES string of the molecule is COc1c(-c2ccc(Cl)cc2)c(C#N)c(-c2ccccc2)oc1=O. The fourth-order valence-electron chi connectivity index (χ4n) is 2.50. The number of ether oxygens (including phenoxy) is 1. The van der Waals surface area contributed by atoms with E-state index in [4.69, 9.17) is 20.8 Å². The van der Waals surface area contributed by atoms with Gasteiger partial charge in [0.25, 0.3) is 0 Å². The Labute approximate surface area is 143 Å². The number of benzene rings is 2. The number of hydrogen-bond acceptors (Lipinski definition) is 4. The average molecular weight is 338 g/mol. The number of nitrogens with zero attached hydrogens (tertiary/aromatic N) is 1. The van der Waals surface area contributed by atoms with Gasteiger partial charge in [-0.1, -0.05) is 54.1 Å². The van der Waals surface area contributed by atoms with Crippen molar-refractivity contribution in [3.63, 3.8) is 0 Å². The van der Waals surface area contributed by atoms with Gasteiger partial charge in [-0.15, -0.1) is 0 Å². The Morgan fingerprint density at radius 1 is 1.04 bits per heavy atom. The first-order chi connectivity index (χ1) is 11.7. The lowest BCUT2D eigenvalue weighted by Gasteiger charge is -2.12. The Bertz CT molecular complexity index is 970. The van der Waals surface area contributed by atoms with E-state index in [1.54, 1.807) is 36.4 Å². The van der Waals surface area contributed by atoms with Gasteiger partial charge in [0, 0.05) is 10.6 Å². The lowest BCUT2D eigenvalue weighted by molar-refractivity contribution is 0.381. The van der Waals surface area contributed by atoms with Gasteiger partial charge in [-0.05, 0) is 17.7 Å². The number of rotatable bonds is 3. The van der Waals surface area contributed by atoms with Crippen LogP contribution in [0.25, 0.3) is 22.5 Å². The molecule has 4 nitrogen and oxygen atoms in total. The van der Waals surface area contributed by atoms with Crippen molar-refractivity contribution in [2.45, 2.75) is 0 Å². The molecule has 3 rings (SSSR count). The first-order valence-corrected chi connectivity index (χ1v) is 7.50. The molecule has 0 aliphatic rings. The molecular formula is C19H12ClNO3. The van der Waals surface area contributed by atoms with Gasteiger partial charge < -0.3 is 9.15 Å². The molecule has 0 atom stereocenters. The van der Waals surface area contributed by atoms with Gasteiger partial charge in [0.05, 0.1) is 12.7 Å². The highest BCUT2D eigenvalue weighted by atomic mass is 35.5. The third kappa shape index (κ3) is 2.78. The van der Waals surface area contributed by atoms with Crippen molar-refractivity contribution in [1.82, 2.24) is 0 Å². The summed E-state index contributed by atoms with van der Waals surface area (Å²) in [6.45, 7) is 0. The average Bonchev–Trinajstić information content (AvgIpc) is 2.62. The second-order valence-electron chi connectivity index (χ2n) is 4.99. The Morgan fingerprint density at radius 2 is 1.71 bits per heavy atom. The zero-order chi connectivity index (χ0) is 17.1. The van der Waals surface area contributed by atoms with Crippen molar-refractivity contribution in [3.8, 4) is 34.3 Å². The monoisotopic (exact) mass is 337 g/mol. The molecule has 0 unspecified atom stereocenters. The molecule has 0 saturated carbocycles. The molecule has 0 aliphatic heterocycles. The molecule has 1 aromatic heterocycles. The maximum Gasteiger partial charge on any atom is 0.379 e. The van der Waals surface area contributed by atoms with Crippen LogP contribution in [0, 0.1) is 11.3 Å². The van der Waals surface area contributed by atoms with E-state index in [1.165, 1.54) is 7.11 Å². The lowest BCUT2D eigenvalue weighted by Crippen LogP contribution is -2.09. The maximum absolute atomic E-state index is 12.3. The van der Waals surface area contributed by atoms with Crippen LogP contribution in [-0.2, 0) is 0 Å². The molecule has 0 amide bonds. The van der Waals surface area contributed by atoms with Gasteiger partial charge in [-0.2, -0.15) is 5.26 Å². The predicted molar refractivity (Wildman–Crippen MR) is 92.1 cm³/mol. The van der Waals surface area contributed by atoms with Crippen LogP contribution in [0.3, 0.4) is 0 Å². The van der Waals surface area contributed by atoms with E-state index in [0.717, 1.165) is 0 Å². The highest BCUT2D eigenvalue weighted by molar-refractivity contribution is 6.30. The number of halogens is 1. The fraction of sp³-hybridized carbons (Fsp3) is 0.0526. The van der Waals surface area contributed by atoms with Crippen LogP contribution in [0.2, 0.25) is 5.02 Å². The van der Waals surface area contributed by atoms with E-state index in [2.05, 4.69) is 6.07 Å². The second kappa shape index (κ2) is 6.61. The molecular weight excluding hydrogens is 326 g/mol. The molecule has 0 bridgehead atoms. The van der Waals surface area contributed by atoms with E-state index >= 15 is 0 Å². The number of methoxy groups -OCH3 is 1. The molecule has 2 aromatic carbocycles. The Kier molecular flexibility index (Phi) is 4.37. The van der Waals surface area contributed by atoms with E-state index in [-0.39, 0.29) is 17.1 Å². The molecule has 1 heterocycles. The van der Waals surface area contributed by atoms with Crippen molar-refractivity contribution in [1.29, 1.82) is 5.26 Å². The van der Waals surface area contributed by atoms with Crippen LogP contribution >= 0.6 is 11.6 Å². The normalized spacial score (nSPS) is 10.2. The summed E-state index contributed by atoms with van der Waals surface area (Å²) in [4.78, 5) is 12.3. The first kappa shape index (κ1) is 15.9. The summed E-state index contributed by atoms with van der Waals surface area (Å²) in [5.74, 6) is 0.211. The summed E-state index contributed by atoms with van der Waals surface area (Å²) < 4.78 is 10.6. The summed E-state index contributed by atoms with van der Waals surface area (Å²) in [6, 6.07) is 18.0. The molecule has 0 spiro atoms. The van der Waals surface area contributed by atoms with Crippen molar-refractivity contribution in [2.24, 2.45) is 0 Å². The standard InChI is InChI=1S/C19H12ClNO3/c1-23-18-16(12-7-9-14(20)10-8-12)15(11-21)17(24-19(18)22)13-5-3-2-4-6-13/h2-10H,1H3. The minimum Gasteiger partial charge on any atom is -0.489 e. The molecule has 0 N–H and O–H groups in total. The molecule has 118 valence electrons. The van der Waals surface area contributed by atoms with E-state index in [1.807, 2.05) is 18.2 Å². The van der Waals surface area contributed by atoms with Crippen molar-refractivity contribution in [3.05, 3.63) is 75.6 Å². The van der Waals surface area contributed by atoms with Crippen LogP contribution in [-0.4, -0.2) is 7.11 Å². The quantitative estimate of drug-likeness (QED) is 0.705. The molecule has 24 heavy (non-hydrogen) atoms. The number of hydrogen-bond donors (Lipinski definition) is 0. The van der Waals surface area contributed by atoms with Crippen LogP contribution in [0.1, 0.15) is 5.56 Å². The highest BCUT2D eigenvalue weighted by Gasteiger charge is 2.22. The summed E-state index contributed by atoms with van der Waals surface area (Å²) in [5, 5.41) is 10.3. The van der Waals surface area contributed by atoms with Crippen molar-refractivity contribution in [2.75, 3.05) is 7.11 Å². The molecule has 0 saturated heterocycles. The Hall–Kier alpha value is -3.03.